The van der Waals surface area contributed by atoms with Crippen molar-refractivity contribution in [1.29, 1.82) is 0 Å². The van der Waals surface area contributed by atoms with Gasteiger partial charge in [0, 0.05) is 0 Å². The molecule has 2 saturated heterocycles. The number of carbonyl (C=O) groups is 2. The first kappa shape index (κ1) is 27.5. The van der Waals surface area contributed by atoms with Gasteiger partial charge in [-0.3, -0.25) is 0 Å². The molecular formula is C24H26O14. The Hall–Kier alpha value is -3.50. The zero-order valence-corrected chi connectivity index (χ0v) is 19.6. The summed E-state index contributed by atoms with van der Waals surface area (Å²) in [7, 11) is 0. The minimum atomic E-state index is -2.10. The first-order valence-corrected chi connectivity index (χ1v) is 11.3. The highest BCUT2D eigenvalue weighted by atomic mass is 16.8. The summed E-state index contributed by atoms with van der Waals surface area (Å²) in [4.78, 5) is 23.5. The molecule has 2 aromatic rings. The molecule has 0 saturated carbocycles. The number of carboxylic acid groups (broad SMARTS) is 1. The van der Waals surface area contributed by atoms with Crippen LogP contribution in [0.5, 0.6) is 17.2 Å². The molecule has 7 atom stereocenters. The molecule has 38 heavy (non-hydrogen) atoms. The number of aromatic carboxylic acids is 1. The predicted molar refractivity (Wildman–Crippen MR) is 121 cm³/mol. The fourth-order valence-electron chi connectivity index (χ4n) is 3.83. The van der Waals surface area contributed by atoms with Crippen LogP contribution in [-0.2, 0) is 18.9 Å². The fourth-order valence-corrected chi connectivity index (χ4v) is 3.83. The molecule has 2 fully saturated rings. The number of rotatable bonds is 8. The highest BCUT2D eigenvalue weighted by molar-refractivity contribution is 5.91. The topological polar surface area (TPSA) is 222 Å². The summed E-state index contributed by atoms with van der Waals surface area (Å²) in [6.07, 6.45) is -9.32. The van der Waals surface area contributed by atoms with Crippen molar-refractivity contribution >= 4 is 11.9 Å². The summed E-state index contributed by atoms with van der Waals surface area (Å²) in [6.45, 7) is -1.59. The lowest BCUT2D eigenvalue weighted by Gasteiger charge is -2.39. The van der Waals surface area contributed by atoms with Gasteiger partial charge in [-0.05, 0) is 42.5 Å². The van der Waals surface area contributed by atoms with Crippen molar-refractivity contribution in [3.8, 4) is 17.2 Å². The van der Waals surface area contributed by atoms with Crippen LogP contribution < -0.4 is 4.74 Å². The van der Waals surface area contributed by atoms with Crippen molar-refractivity contribution in [2.24, 2.45) is 0 Å². The Morgan fingerprint density at radius 2 is 1.71 bits per heavy atom. The molecule has 2 heterocycles. The lowest BCUT2D eigenvalue weighted by molar-refractivity contribution is -0.297. The summed E-state index contributed by atoms with van der Waals surface area (Å²) in [5.41, 5.74) is -2.47. The van der Waals surface area contributed by atoms with Crippen LogP contribution in [0.2, 0.25) is 0 Å². The third kappa shape index (κ3) is 5.81. The average Bonchev–Trinajstić information content (AvgIpc) is 3.17. The Balaban J connectivity index is 1.43. The van der Waals surface area contributed by atoms with Crippen molar-refractivity contribution in [2.75, 3.05) is 19.8 Å². The molecule has 0 aliphatic carbocycles. The van der Waals surface area contributed by atoms with E-state index in [0.717, 1.165) is 12.1 Å². The van der Waals surface area contributed by atoms with Crippen LogP contribution in [0.4, 0.5) is 0 Å². The van der Waals surface area contributed by atoms with Gasteiger partial charge in [0.05, 0.1) is 18.8 Å². The van der Waals surface area contributed by atoms with Gasteiger partial charge in [0.1, 0.15) is 47.7 Å². The van der Waals surface area contributed by atoms with E-state index >= 15 is 0 Å². The lowest BCUT2D eigenvalue weighted by Crippen LogP contribution is -2.58. The molecule has 0 aromatic heterocycles. The number of carboxylic acids is 1. The van der Waals surface area contributed by atoms with E-state index in [1.165, 1.54) is 30.3 Å². The molecule has 0 amide bonds. The van der Waals surface area contributed by atoms with Crippen molar-refractivity contribution in [1.82, 2.24) is 0 Å². The summed E-state index contributed by atoms with van der Waals surface area (Å²) in [5.74, 6) is -2.90. The number of carbonyl (C=O) groups excluding carboxylic acids is 1. The highest BCUT2D eigenvalue weighted by Crippen LogP contribution is 2.32. The second kappa shape index (κ2) is 11.1. The molecule has 14 heteroatoms. The third-order valence-electron chi connectivity index (χ3n) is 6.03. The molecule has 2 aliphatic rings. The predicted octanol–water partition coefficient (Wildman–Crippen LogP) is -1.06. The second-order valence-electron chi connectivity index (χ2n) is 8.81. The van der Waals surface area contributed by atoms with E-state index in [1.807, 2.05) is 0 Å². The van der Waals surface area contributed by atoms with E-state index in [4.69, 9.17) is 23.7 Å². The fraction of sp³-hybridized carbons (Fsp3) is 0.417. The van der Waals surface area contributed by atoms with E-state index < -0.39 is 79.1 Å². The van der Waals surface area contributed by atoms with Crippen molar-refractivity contribution in [3.63, 3.8) is 0 Å². The van der Waals surface area contributed by atoms with Gasteiger partial charge < -0.3 is 59.4 Å². The minimum absolute atomic E-state index is 0.0613. The molecule has 0 unspecified atom stereocenters. The highest BCUT2D eigenvalue weighted by Gasteiger charge is 2.53. The minimum Gasteiger partial charge on any atom is -0.508 e. The number of ether oxygens (including phenoxy) is 5. The van der Waals surface area contributed by atoms with Crippen LogP contribution in [0.3, 0.4) is 0 Å². The normalized spacial score (nSPS) is 31.1. The Kier molecular flexibility index (Phi) is 8.03. The quantitative estimate of drug-likeness (QED) is 0.199. The second-order valence-corrected chi connectivity index (χ2v) is 8.81. The zero-order valence-electron chi connectivity index (χ0n) is 19.6. The Bertz CT molecular complexity index is 1150. The van der Waals surface area contributed by atoms with Gasteiger partial charge in [0.2, 0.25) is 6.29 Å². The SMILES string of the molecule is O=C(OC[C@@]1(O)CO[C@@H](O[C@H]2[C@H](Oc3ccc(O)c(C(=O)O)c3)OC[C@@H](O)[C@@H]2O)[C@@H]1O)c1ccc(O)cc1. The summed E-state index contributed by atoms with van der Waals surface area (Å²) in [6, 6.07) is 8.48. The van der Waals surface area contributed by atoms with Crippen LogP contribution in [0.1, 0.15) is 20.7 Å². The number of hydrogen-bond donors (Lipinski definition) is 7. The molecule has 2 aromatic carbocycles. The molecular weight excluding hydrogens is 512 g/mol. The van der Waals surface area contributed by atoms with E-state index in [2.05, 4.69) is 0 Å². The van der Waals surface area contributed by atoms with Crippen LogP contribution in [0.15, 0.2) is 42.5 Å². The van der Waals surface area contributed by atoms with Crippen LogP contribution >= 0.6 is 0 Å². The van der Waals surface area contributed by atoms with Gasteiger partial charge in [-0.15, -0.1) is 0 Å². The summed E-state index contributed by atoms with van der Waals surface area (Å²) in [5, 5.41) is 70.2. The van der Waals surface area contributed by atoms with Crippen molar-refractivity contribution in [3.05, 3.63) is 53.6 Å². The van der Waals surface area contributed by atoms with Crippen molar-refractivity contribution < 1.29 is 69.0 Å². The lowest BCUT2D eigenvalue weighted by atomic mass is 10.0. The van der Waals surface area contributed by atoms with Gasteiger partial charge in [0.15, 0.2) is 18.0 Å². The van der Waals surface area contributed by atoms with E-state index in [9.17, 15) is 45.3 Å². The summed E-state index contributed by atoms with van der Waals surface area (Å²) >= 11 is 0. The first-order valence-electron chi connectivity index (χ1n) is 11.3. The molecule has 0 bridgehead atoms. The number of phenolic OH excluding ortho intramolecular Hbond substituents is 1. The average molecular weight is 538 g/mol. The maximum atomic E-state index is 12.2. The van der Waals surface area contributed by atoms with Gasteiger partial charge in [-0.25, -0.2) is 9.59 Å². The maximum Gasteiger partial charge on any atom is 0.339 e. The van der Waals surface area contributed by atoms with Crippen LogP contribution in [-0.4, -0.2) is 110 Å². The van der Waals surface area contributed by atoms with Crippen LogP contribution in [0, 0.1) is 0 Å². The zero-order chi connectivity index (χ0) is 27.6. The molecule has 0 spiro atoms. The smallest absolute Gasteiger partial charge is 0.339 e. The van der Waals surface area contributed by atoms with E-state index in [-0.39, 0.29) is 23.7 Å². The van der Waals surface area contributed by atoms with E-state index in [1.54, 1.807) is 0 Å². The number of aliphatic hydroxyl groups excluding tert-OH is 3. The monoisotopic (exact) mass is 538 g/mol. The summed E-state index contributed by atoms with van der Waals surface area (Å²) < 4.78 is 27.0. The number of hydrogen-bond acceptors (Lipinski definition) is 13. The van der Waals surface area contributed by atoms with E-state index in [0.29, 0.717) is 0 Å². The van der Waals surface area contributed by atoms with Gasteiger partial charge >= 0.3 is 11.9 Å². The number of aromatic hydroxyl groups is 2. The van der Waals surface area contributed by atoms with Crippen LogP contribution in [0.25, 0.3) is 0 Å². The Morgan fingerprint density at radius 1 is 1.00 bits per heavy atom. The van der Waals surface area contributed by atoms with Gasteiger partial charge in [-0.2, -0.15) is 0 Å². The molecule has 206 valence electrons. The molecule has 2 aliphatic heterocycles. The molecule has 14 nitrogen and oxygen atoms in total. The standard InChI is InChI=1S/C24H26O14/c25-12-3-1-11(2-4-12)21(32)35-9-24(33)10-36-23(19(24)29)38-18-17(28)16(27)8-34-22(18)37-13-5-6-15(26)14(7-13)20(30)31/h1-7,16-19,22-23,25-29,33H,8-10H2,(H,30,31)/t16-,17+,18-,19+,22+,23+,24-/m1/s1. The molecule has 4 rings (SSSR count). The third-order valence-corrected chi connectivity index (χ3v) is 6.03. The van der Waals surface area contributed by atoms with Gasteiger partial charge in [-0.1, -0.05) is 0 Å². The Labute approximate surface area is 214 Å². The van der Waals surface area contributed by atoms with Gasteiger partial charge in [0.25, 0.3) is 0 Å². The number of aliphatic hydroxyl groups is 4. The molecule has 0 radical (unpaired) electrons. The number of esters is 1. The number of phenols is 2. The van der Waals surface area contributed by atoms with Crippen molar-refractivity contribution in [2.45, 2.75) is 42.6 Å². The maximum absolute atomic E-state index is 12.2. The number of benzene rings is 2. The molecule has 7 N–H and O–H groups in total. The Morgan fingerprint density at radius 3 is 2.39 bits per heavy atom. The first-order chi connectivity index (χ1) is 18.0. The largest absolute Gasteiger partial charge is 0.508 e.